The molecule has 0 aromatic heterocycles. The van der Waals surface area contributed by atoms with Crippen molar-refractivity contribution < 1.29 is 19.4 Å². The summed E-state index contributed by atoms with van der Waals surface area (Å²) in [5.74, 6) is 1.20. The lowest BCUT2D eigenvalue weighted by Gasteiger charge is -2.06. The molecule has 0 heterocycles. The smallest absolute Gasteiger partial charge is 0.161 e. The lowest BCUT2D eigenvalue weighted by Crippen LogP contribution is -1.91. The summed E-state index contributed by atoms with van der Waals surface area (Å²) in [7, 11) is 3.09. The molecule has 1 aromatic rings. The van der Waals surface area contributed by atoms with E-state index in [-0.39, 0.29) is 6.61 Å². The highest BCUT2D eigenvalue weighted by atomic mass is 16.5. The lowest BCUT2D eigenvalue weighted by molar-refractivity contribution is 0.112. The fourth-order valence-corrected chi connectivity index (χ4v) is 0.926. The molecular weight excluding hydrogens is 196 g/mol. The van der Waals surface area contributed by atoms with Crippen molar-refractivity contribution in [1.29, 1.82) is 0 Å². The third kappa shape index (κ3) is 4.46. The SMILES string of the molecule is CCO.COc1ccc(C=O)cc1OC. The minimum absolute atomic E-state index is 0.250. The summed E-state index contributed by atoms with van der Waals surface area (Å²) in [4.78, 5) is 10.4. The third-order valence-electron chi connectivity index (χ3n) is 1.54. The van der Waals surface area contributed by atoms with Crippen LogP contribution in [0.5, 0.6) is 11.5 Å². The number of benzene rings is 1. The van der Waals surface area contributed by atoms with Gasteiger partial charge in [0.1, 0.15) is 6.29 Å². The van der Waals surface area contributed by atoms with E-state index in [9.17, 15) is 4.79 Å². The van der Waals surface area contributed by atoms with E-state index >= 15 is 0 Å². The standard InChI is InChI=1S/C9H10O3.C2H6O/c1-11-8-4-3-7(6-10)5-9(8)12-2;1-2-3/h3-6H,1-2H3;3H,2H2,1H3. The minimum atomic E-state index is 0.250. The van der Waals surface area contributed by atoms with Crippen LogP contribution in [0.1, 0.15) is 17.3 Å². The number of aldehydes is 1. The molecule has 0 saturated carbocycles. The Balaban J connectivity index is 0.000000583. The van der Waals surface area contributed by atoms with Crippen LogP contribution in [0.3, 0.4) is 0 Å². The second-order valence-corrected chi connectivity index (χ2v) is 2.55. The Bertz CT molecular complexity index is 297. The first-order chi connectivity index (χ1) is 7.23. The maximum absolute atomic E-state index is 10.4. The highest BCUT2D eigenvalue weighted by Crippen LogP contribution is 2.26. The predicted molar refractivity (Wildman–Crippen MR) is 57.7 cm³/mol. The number of hydrogen-bond acceptors (Lipinski definition) is 4. The van der Waals surface area contributed by atoms with Crippen molar-refractivity contribution in [3.05, 3.63) is 23.8 Å². The molecule has 0 saturated heterocycles. The number of methoxy groups -OCH3 is 2. The van der Waals surface area contributed by atoms with Gasteiger partial charge in [-0.05, 0) is 25.1 Å². The molecule has 0 aliphatic rings. The molecule has 0 aliphatic carbocycles. The van der Waals surface area contributed by atoms with Gasteiger partial charge in [0.25, 0.3) is 0 Å². The molecule has 4 heteroatoms. The highest BCUT2D eigenvalue weighted by Gasteiger charge is 2.02. The number of aliphatic hydroxyl groups is 1. The van der Waals surface area contributed by atoms with Gasteiger partial charge in [-0.2, -0.15) is 0 Å². The van der Waals surface area contributed by atoms with Crippen LogP contribution >= 0.6 is 0 Å². The monoisotopic (exact) mass is 212 g/mol. The molecular formula is C11H16O4. The fourth-order valence-electron chi connectivity index (χ4n) is 0.926. The van der Waals surface area contributed by atoms with Crippen molar-refractivity contribution in [3.8, 4) is 11.5 Å². The minimum Gasteiger partial charge on any atom is -0.493 e. The molecule has 1 rings (SSSR count). The van der Waals surface area contributed by atoms with Crippen LogP contribution in [0.15, 0.2) is 18.2 Å². The Morgan fingerprint density at radius 3 is 2.20 bits per heavy atom. The highest BCUT2D eigenvalue weighted by molar-refractivity contribution is 5.76. The van der Waals surface area contributed by atoms with Crippen molar-refractivity contribution in [3.63, 3.8) is 0 Å². The van der Waals surface area contributed by atoms with E-state index in [0.717, 1.165) is 6.29 Å². The Morgan fingerprint density at radius 2 is 1.80 bits per heavy atom. The fraction of sp³-hybridized carbons (Fsp3) is 0.364. The Morgan fingerprint density at radius 1 is 1.27 bits per heavy atom. The van der Waals surface area contributed by atoms with Crippen LogP contribution in [-0.2, 0) is 0 Å². The number of ether oxygens (including phenoxy) is 2. The van der Waals surface area contributed by atoms with Gasteiger partial charge in [0.05, 0.1) is 14.2 Å². The quantitative estimate of drug-likeness (QED) is 0.772. The summed E-state index contributed by atoms with van der Waals surface area (Å²) in [6.45, 7) is 1.93. The summed E-state index contributed by atoms with van der Waals surface area (Å²) >= 11 is 0. The van der Waals surface area contributed by atoms with Crippen molar-refractivity contribution >= 4 is 6.29 Å². The second kappa shape index (κ2) is 7.82. The van der Waals surface area contributed by atoms with E-state index in [0.29, 0.717) is 17.1 Å². The first-order valence-electron chi connectivity index (χ1n) is 4.51. The lowest BCUT2D eigenvalue weighted by atomic mass is 10.2. The van der Waals surface area contributed by atoms with Crippen LogP contribution in [0, 0.1) is 0 Å². The van der Waals surface area contributed by atoms with Crippen molar-refractivity contribution in [2.24, 2.45) is 0 Å². The van der Waals surface area contributed by atoms with E-state index in [4.69, 9.17) is 14.6 Å². The number of carbonyl (C=O) groups is 1. The number of aliphatic hydroxyl groups excluding tert-OH is 1. The summed E-state index contributed by atoms with van der Waals surface area (Å²) in [5.41, 5.74) is 0.577. The van der Waals surface area contributed by atoms with Crippen LogP contribution in [0.25, 0.3) is 0 Å². The summed E-state index contributed by atoms with van der Waals surface area (Å²) in [6.07, 6.45) is 0.766. The zero-order valence-electron chi connectivity index (χ0n) is 9.19. The molecule has 1 aromatic carbocycles. The number of carbonyl (C=O) groups excluding carboxylic acids is 1. The molecule has 4 nitrogen and oxygen atoms in total. The van der Waals surface area contributed by atoms with E-state index < -0.39 is 0 Å². The molecule has 0 atom stereocenters. The first-order valence-corrected chi connectivity index (χ1v) is 4.51. The number of rotatable bonds is 3. The van der Waals surface area contributed by atoms with Gasteiger partial charge in [0.15, 0.2) is 11.5 Å². The Hall–Kier alpha value is -1.55. The molecule has 0 bridgehead atoms. The van der Waals surface area contributed by atoms with Crippen molar-refractivity contribution in [1.82, 2.24) is 0 Å². The van der Waals surface area contributed by atoms with Gasteiger partial charge >= 0.3 is 0 Å². The molecule has 0 radical (unpaired) electrons. The Kier molecular flexibility index (Phi) is 7.01. The van der Waals surface area contributed by atoms with Gasteiger partial charge in [0, 0.05) is 12.2 Å². The molecule has 15 heavy (non-hydrogen) atoms. The average molecular weight is 212 g/mol. The molecule has 1 N–H and O–H groups in total. The van der Waals surface area contributed by atoms with Crippen LogP contribution < -0.4 is 9.47 Å². The zero-order valence-corrected chi connectivity index (χ0v) is 9.19. The van der Waals surface area contributed by atoms with Gasteiger partial charge in [0.2, 0.25) is 0 Å². The van der Waals surface area contributed by atoms with Crippen LogP contribution in [0.4, 0.5) is 0 Å². The van der Waals surface area contributed by atoms with Gasteiger partial charge in [-0.1, -0.05) is 0 Å². The maximum Gasteiger partial charge on any atom is 0.161 e. The van der Waals surface area contributed by atoms with Gasteiger partial charge in [-0.25, -0.2) is 0 Å². The third-order valence-corrected chi connectivity index (χ3v) is 1.54. The average Bonchev–Trinajstić information content (AvgIpc) is 2.29. The summed E-state index contributed by atoms with van der Waals surface area (Å²) in [6, 6.07) is 5.00. The summed E-state index contributed by atoms with van der Waals surface area (Å²) in [5, 5.41) is 7.57. The molecule has 0 aliphatic heterocycles. The second-order valence-electron chi connectivity index (χ2n) is 2.55. The van der Waals surface area contributed by atoms with E-state index in [1.54, 1.807) is 32.2 Å². The Labute approximate surface area is 89.4 Å². The topological polar surface area (TPSA) is 55.8 Å². The molecule has 84 valence electrons. The van der Waals surface area contributed by atoms with Gasteiger partial charge in [-0.3, -0.25) is 4.79 Å². The normalized spacial score (nSPS) is 8.53. The van der Waals surface area contributed by atoms with Crippen molar-refractivity contribution in [2.45, 2.75) is 6.92 Å². The van der Waals surface area contributed by atoms with Crippen LogP contribution in [0.2, 0.25) is 0 Å². The summed E-state index contributed by atoms with van der Waals surface area (Å²) < 4.78 is 9.99. The van der Waals surface area contributed by atoms with Gasteiger partial charge in [-0.15, -0.1) is 0 Å². The van der Waals surface area contributed by atoms with E-state index in [2.05, 4.69) is 0 Å². The van der Waals surface area contributed by atoms with Crippen LogP contribution in [-0.4, -0.2) is 32.2 Å². The predicted octanol–water partition coefficient (Wildman–Crippen LogP) is 1.51. The van der Waals surface area contributed by atoms with E-state index in [1.165, 1.54) is 7.11 Å². The molecule has 0 spiro atoms. The molecule has 0 amide bonds. The maximum atomic E-state index is 10.4. The zero-order chi connectivity index (χ0) is 11.7. The van der Waals surface area contributed by atoms with Gasteiger partial charge < -0.3 is 14.6 Å². The van der Waals surface area contributed by atoms with Crippen molar-refractivity contribution in [2.75, 3.05) is 20.8 Å². The largest absolute Gasteiger partial charge is 0.493 e. The number of hydrogen-bond donors (Lipinski definition) is 1. The van der Waals surface area contributed by atoms with E-state index in [1.807, 2.05) is 0 Å². The molecule has 0 fully saturated rings. The first kappa shape index (κ1) is 13.4. The molecule has 0 unspecified atom stereocenters.